The molecule has 0 aliphatic rings. The first-order valence-corrected chi connectivity index (χ1v) is 7.53. The van der Waals surface area contributed by atoms with Crippen molar-refractivity contribution >= 4 is 27.2 Å². The molecule has 0 heterocycles. The molecule has 96 valence electrons. The van der Waals surface area contributed by atoms with E-state index >= 15 is 0 Å². The Kier molecular flexibility index (Phi) is 7.10. The molecule has 16 heavy (non-hydrogen) atoms. The molecule has 6 heteroatoms. The molecule has 0 bridgehead atoms. The molecule has 0 spiro atoms. The van der Waals surface area contributed by atoms with Crippen LogP contribution >= 0.6 is 12.2 Å². The molecular weight excluding hydrogens is 244 g/mol. The van der Waals surface area contributed by atoms with Crippen molar-refractivity contribution in [1.29, 1.82) is 0 Å². The molecule has 0 aromatic heterocycles. The van der Waals surface area contributed by atoms with Gasteiger partial charge in [-0.3, -0.25) is 0 Å². The first-order chi connectivity index (χ1) is 7.37. The minimum atomic E-state index is -3.36. The minimum Gasteiger partial charge on any atom is -0.392 e. The van der Waals surface area contributed by atoms with Gasteiger partial charge in [-0.2, -0.15) is 0 Å². The van der Waals surface area contributed by atoms with Crippen molar-refractivity contribution in [2.24, 2.45) is 5.73 Å². The SMILES string of the molecule is CCCCCN(C)S(=O)(=O)C(CC)C(N)=S. The average molecular weight is 266 g/mol. The number of rotatable bonds is 8. The van der Waals surface area contributed by atoms with E-state index in [2.05, 4.69) is 6.92 Å². The van der Waals surface area contributed by atoms with Crippen molar-refractivity contribution in [2.45, 2.75) is 44.8 Å². The van der Waals surface area contributed by atoms with E-state index in [1.54, 1.807) is 14.0 Å². The van der Waals surface area contributed by atoms with Crippen LogP contribution in [0.1, 0.15) is 39.5 Å². The Hall–Kier alpha value is -0.200. The Labute approximate surface area is 104 Å². The van der Waals surface area contributed by atoms with E-state index in [1.807, 2.05) is 0 Å². The summed E-state index contributed by atoms with van der Waals surface area (Å²) in [5, 5.41) is -0.728. The van der Waals surface area contributed by atoms with Crippen molar-refractivity contribution in [3.05, 3.63) is 0 Å². The number of nitrogens with zero attached hydrogens (tertiary/aromatic N) is 1. The molecule has 4 nitrogen and oxygen atoms in total. The minimum absolute atomic E-state index is 0.0600. The number of thiocarbonyl (C=S) groups is 1. The largest absolute Gasteiger partial charge is 0.392 e. The fraction of sp³-hybridized carbons (Fsp3) is 0.900. The number of unbranched alkanes of at least 4 members (excludes halogenated alkanes) is 2. The summed E-state index contributed by atoms with van der Waals surface area (Å²) < 4.78 is 25.5. The molecule has 0 aromatic rings. The number of nitrogens with two attached hydrogens (primary N) is 1. The quantitative estimate of drug-likeness (QED) is 0.534. The van der Waals surface area contributed by atoms with Gasteiger partial charge in [0.15, 0.2) is 0 Å². The van der Waals surface area contributed by atoms with Gasteiger partial charge in [0, 0.05) is 13.6 Å². The lowest BCUT2D eigenvalue weighted by atomic mass is 10.2. The molecule has 2 N–H and O–H groups in total. The predicted molar refractivity (Wildman–Crippen MR) is 71.9 cm³/mol. The van der Waals surface area contributed by atoms with Gasteiger partial charge in [-0.25, -0.2) is 12.7 Å². The molecule has 0 aromatic carbocycles. The molecule has 0 aliphatic carbocycles. The molecule has 0 amide bonds. The van der Waals surface area contributed by atoms with Gasteiger partial charge in [0.2, 0.25) is 10.0 Å². The van der Waals surface area contributed by atoms with Crippen LogP contribution < -0.4 is 5.73 Å². The highest BCUT2D eigenvalue weighted by atomic mass is 32.2. The Balaban J connectivity index is 4.57. The van der Waals surface area contributed by atoms with E-state index in [0.717, 1.165) is 19.3 Å². The van der Waals surface area contributed by atoms with Gasteiger partial charge in [-0.15, -0.1) is 0 Å². The van der Waals surface area contributed by atoms with E-state index in [-0.39, 0.29) is 4.99 Å². The summed E-state index contributed by atoms with van der Waals surface area (Å²) in [6.45, 7) is 4.40. The van der Waals surface area contributed by atoms with Crippen molar-refractivity contribution in [1.82, 2.24) is 4.31 Å². The number of hydrogen-bond donors (Lipinski definition) is 1. The standard InChI is InChI=1S/C10H22N2O2S2/c1-4-6-7-8-12(3)16(13,14)9(5-2)10(11)15/h9H,4-8H2,1-3H3,(H2,11,15). The van der Waals surface area contributed by atoms with E-state index < -0.39 is 15.3 Å². The molecule has 0 rings (SSSR count). The van der Waals surface area contributed by atoms with Gasteiger partial charge in [0.1, 0.15) is 5.25 Å². The van der Waals surface area contributed by atoms with Crippen LogP contribution in [0.5, 0.6) is 0 Å². The molecule has 1 atom stereocenters. The highest BCUT2D eigenvalue weighted by Crippen LogP contribution is 2.12. The van der Waals surface area contributed by atoms with Crippen molar-refractivity contribution in [3.63, 3.8) is 0 Å². The summed E-state index contributed by atoms with van der Waals surface area (Å²) in [6.07, 6.45) is 3.40. The summed E-state index contributed by atoms with van der Waals surface area (Å²) in [5.74, 6) is 0. The lowest BCUT2D eigenvalue weighted by Crippen LogP contribution is -2.42. The normalized spacial score (nSPS) is 14.0. The van der Waals surface area contributed by atoms with E-state index in [4.69, 9.17) is 18.0 Å². The van der Waals surface area contributed by atoms with Gasteiger partial charge >= 0.3 is 0 Å². The van der Waals surface area contributed by atoms with Crippen LogP contribution in [0.25, 0.3) is 0 Å². The molecular formula is C10H22N2O2S2. The maximum absolute atomic E-state index is 12.1. The van der Waals surface area contributed by atoms with Gasteiger partial charge in [0.05, 0.1) is 4.99 Å². The van der Waals surface area contributed by atoms with Crippen LogP contribution in [0.4, 0.5) is 0 Å². The van der Waals surface area contributed by atoms with Crippen molar-refractivity contribution in [2.75, 3.05) is 13.6 Å². The summed E-state index contributed by atoms with van der Waals surface area (Å²) in [6, 6.07) is 0. The molecule has 0 radical (unpaired) electrons. The third kappa shape index (κ3) is 4.35. The van der Waals surface area contributed by atoms with Gasteiger partial charge in [-0.05, 0) is 12.8 Å². The number of hydrogen-bond acceptors (Lipinski definition) is 3. The highest BCUT2D eigenvalue weighted by molar-refractivity contribution is 7.92. The van der Waals surface area contributed by atoms with E-state index in [9.17, 15) is 8.42 Å². The summed E-state index contributed by atoms with van der Waals surface area (Å²) >= 11 is 4.79. The molecule has 1 unspecified atom stereocenters. The van der Waals surface area contributed by atoms with Gasteiger partial charge in [-0.1, -0.05) is 38.9 Å². The first kappa shape index (κ1) is 15.8. The zero-order valence-corrected chi connectivity index (χ0v) is 11.9. The third-order valence-electron chi connectivity index (χ3n) is 2.56. The van der Waals surface area contributed by atoms with Crippen LogP contribution in [-0.2, 0) is 10.0 Å². The monoisotopic (exact) mass is 266 g/mol. The van der Waals surface area contributed by atoms with Crippen molar-refractivity contribution in [3.8, 4) is 0 Å². The van der Waals surface area contributed by atoms with E-state index in [0.29, 0.717) is 13.0 Å². The summed E-state index contributed by atoms with van der Waals surface area (Å²) in [4.78, 5) is 0.0600. The van der Waals surface area contributed by atoms with Crippen LogP contribution in [-0.4, -0.2) is 36.6 Å². The number of sulfonamides is 1. The van der Waals surface area contributed by atoms with Crippen LogP contribution in [0.15, 0.2) is 0 Å². The first-order valence-electron chi connectivity index (χ1n) is 5.62. The zero-order valence-electron chi connectivity index (χ0n) is 10.3. The smallest absolute Gasteiger partial charge is 0.223 e. The second kappa shape index (κ2) is 7.19. The van der Waals surface area contributed by atoms with Gasteiger partial charge in [0.25, 0.3) is 0 Å². The Morgan fingerprint density at radius 2 is 1.94 bits per heavy atom. The zero-order chi connectivity index (χ0) is 12.8. The summed E-state index contributed by atoms with van der Waals surface area (Å²) in [5.41, 5.74) is 5.45. The second-order valence-electron chi connectivity index (χ2n) is 3.87. The highest BCUT2D eigenvalue weighted by Gasteiger charge is 2.30. The molecule has 0 aliphatic heterocycles. The second-order valence-corrected chi connectivity index (χ2v) is 6.57. The maximum Gasteiger partial charge on any atom is 0.223 e. The fourth-order valence-corrected chi connectivity index (χ4v) is 3.55. The molecule has 0 saturated heterocycles. The Morgan fingerprint density at radius 3 is 2.31 bits per heavy atom. The van der Waals surface area contributed by atoms with Crippen LogP contribution in [0.2, 0.25) is 0 Å². The van der Waals surface area contributed by atoms with Crippen molar-refractivity contribution < 1.29 is 8.42 Å². The summed E-state index contributed by atoms with van der Waals surface area (Å²) in [7, 11) is -1.77. The fourth-order valence-electron chi connectivity index (χ4n) is 1.49. The van der Waals surface area contributed by atoms with Crippen LogP contribution in [0, 0.1) is 0 Å². The van der Waals surface area contributed by atoms with Gasteiger partial charge < -0.3 is 5.73 Å². The maximum atomic E-state index is 12.1. The third-order valence-corrected chi connectivity index (χ3v) is 5.35. The lowest BCUT2D eigenvalue weighted by Gasteiger charge is -2.22. The lowest BCUT2D eigenvalue weighted by molar-refractivity contribution is 0.450. The predicted octanol–water partition coefficient (Wildman–Crippen LogP) is 1.50. The topological polar surface area (TPSA) is 63.4 Å². The average Bonchev–Trinajstić information content (AvgIpc) is 2.17. The van der Waals surface area contributed by atoms with Crippen LogP contribution in [0.3, 0.4) is 0 Å². The van der Waals surface area contributed by atoms with E-state index in [1.165, 1.54) is 4.31 Å². The molecule has 0 saturated carbocycles. The molecule has 0 fully saturated rings. The Bertz CT molecular complexity index is 315. The Morgan fingerprint density at radius 1 is 1.38 bits per heavy atom.